The number of rotatable bonds is 9. The standard InChI is InChI=1S/C40H44O9/c1-7-23-30(41)13-11-21(35(23)44)17-28-34(43)20(3)16-26(38(28)47)33(32-10-9-15-49-32)27-19-22(36(45)24(8-2)37(27)46)18-25-31(42)14-12-29(39(25)48)40(4,5)6/h9-16,19,33,41-48H,7-8,17-18H2,1-6H3. The maximum absolute atomic E-state index is 11.9. The van der Waals surface area contributed by atoms with Gasteiger partial charge in [0, 0.05) is 46.2 Å². The van der Waals surface area contributed by atoms with Crippen LogP contribution in [0.15, 0.2) is 59.2 Å². The molecule has 9 nitrogen and oxygen atoms in total. The molecule has 1 unspecified atom stereocenters. The fourth-order valence-electron chi connectivity index (χ4n) is 6.66. The molecule has 0 amide bonds. The Morgan fingerprint density at radius 2 is 1.16 bits per heavy atom. The van der Waals surface area contributed by atoms with Crippen LogP contribution in [0.3, 0.4) is 0 Å². The third-order valence-corrected chi connectivity index (χ3v) is 9.37. The molecule has 8 N–H and O–H groups in total. The second kappa shape index (κ2) is 13.2. The second-order valence-electron chi connectivity index (χ2n) is 13.5. The molecule has 0 bridgehead atoms. The summed E-state index contributed by atoms with van der Waals surface area (Å²) in [6.45, 7) is 11.0. The molecular formula is C40H44O9. The maximum Gasteiger partial charge on any atom is 0.127 e. The predicted octanol–water partition coefficient (Wildman–Crippen LogP) is 8.02. The van der Waals surface area contributed by atoms with Gasteiger partial charge in [-0.25, -0.2) is 0 Å². The molecule has 5 aromatic rings. The number of hydrogen-bond acceptors (Lipinski definition) is 9. The quantitative estimate of drug-likeness (QED) is 0.0773. The summed E-state index contributed by atoms with van der Waals surface area (Å²) in [4.78, 5) is 0. The molecule has 0 aliphatic carbocycles. The summed E-state index contributed by atoms with van der Waals surface area (Å²) in [7, 11) is 0. The van der Waals surface area contributed by atoms with Gasteiger partial charge in [-0.1, -0.05) is 46.8 Å². The van der Waals surface area contributed by atoms with Crippen LogP contribution in [0.1, 0.15) is 102 Å². The van der Waals surface area contributed by atoms with Crippen LogP contribution < -0.4 is 0 Å². The molecule has 0 saturated heterocycles. The number of benzene rings is 4. The van der Waals surface area contributed by atoms with Crippen molar-refractivity contribution in [3.05, 3.63) is 116 Å². The molecule has 9 heteroatoms. The minimum atomic E-state index is -0.944. The highest BCUT2D eigenvalue weighted by molar-refractivity contribution is 5.65. The van der Waals surface area contributed by atoms with Crippen LogP contribution >= 0.6 is 0 Å². The summed E-state index contributed by atoms with van der Waals surface area (Å²) in [5.74, 6) is -1.93. The van der Waals surface area contributed by atoms with E-state index in [9.17, 15) is 40.9 Å². The third kappa shape index (κ3) is 6.28. The Kier molecular flexibility index (Phi) is 9.41. The zero-order valence-electron chi connectivity index (χ0n) is 28.6. The van der Waals surface area contributed by atoms with E-state index in [0.29, 0.717) is 40.0 Å². The van der Waals surface area contributed by atoms with Crippen LogP contribution in [0.2, 0.25) is 0 Å². The Bertz CT molecular complexity index is 2020. The van der Waals surface area contributed by atoms with Gasteiger partial charge in [0.25, 0.3) is 0 Å². The lowest BCUT2D eigenvalue weighted by atomic mass is 9.81. The zero-order chi connectivity index (χ0) is 35.9. The van der Waals surface area contributed by atoms with Crippen LogP contribution in [0.5, 0.6) is 46.0 Å². The molecule has 258 valence electrons. The van der Waals surface area contributed by atoms with E-state index in [-0.39, 0.29) is 93.1 Å². The topological polar surface area (TPSA) is 175 Å². The van der Waals surface area contributed by atoms with Crippen molar-refractivity contribution in [2.45, 2.75) is 78.6 Å². The highest BCUT2D eigenvalue weighted by atomic mass is 16.3. The van der Waals surface area contributed by atoms with Gasteiger partial charge in [0.1, 0.15) is 51.8 Å². The highest BCUT2D eigenvalue weighted by Crippen LogP contribution is 2.50. The van der Waals surface area contributed by atoms with Crippen molar-refractivity contribution in [3.63, 3.8) is 0 Å². The molecule has 5 rings (SSSR count). The van der Waals surface area contributed by atoms with Gasteiger partial charge in [-0.05, 0) is 83.8 Å². The summed E-state index contributed by atoms with van der Waals surface area (Å²) in [6, 6.07) is 12.7. The first-order valence-corrected chi connectivity index (χ1v) is 16.3. The van der Waals surface area contributed by atoms with Crippen molar-refractivity contribution in [1.29, 1.82) is 0 Å². The Morgan fingerprint density at radius 1 is 0.592 bits per heavy atom. The number of aromatic hydroxyl groups is 8. The first-order valence-electron chi connectivity index (χ1n) is 16.3. The molecular weight excluding hydrogens is 624 g/mol. The summed E-state index contributed by atoms with van der Waals surface area (Å²) in [5, 5.41) is 89.4. The number of phenols is 8. The summed E-state index contributed by atoms with van der Waals surface area (Å²) < 4.78 is 5.86. The fourth-order valence-corrected chi connectivity index (χ4v) is 6.66. The normalized spacial score (nSPS) is 12.4. The average molecular weight is 669 g/mol. The molecule has 0 fully saturated rings. The van der Waals surface area contributed by atoms with Crippen LogP contribution in [-0.2, 0) is 31.1 Å². The van der Waals surface area contributed by atoms with E-state index in [2.05, 4.69) is 0 Å². The number of furan rings is 1. The largest absolute Gasteiger partial charge is 0.508 e. The predicted molar refractivity (Wildman–Crippen MR) is 187 cm³/mol. The lowest BCUT2D eigenvalue weighted by Gasteiger charge is -2.25. The van der Waals surface area contributed by atoms with Gasteiger partial charge < -0.3 is 45.3 Å². The lowest BCUT2D eigenvalue weighted by molar-refractivity contribution is 0.416. The molecule has 1 atom stereocenters. The molecule has 0 radical (unpaired) electrons. The lowest BCUT2D eigenvalue weighted by Crippen LogP contribution is -2.12. The summed E-state index contributed by atoms with van der Waals surface area (Å²) in [6.07, 6.45) is 1.90. The van der Waals surface area contributed by atoms with E-state index < -0.39 is 11.3 Å². The van der Waals surface area contributed by atoms with Crippen molar-refractivity contribution in [1.82, 2.24) is 0 Å². The molecule has 49 heavy (non-hydrogen) atoms. The number of phenolic OH excluding ortho intramolecular Hbond substituents is 8. The Morgan fingerprint density at radius 3 is 1.78 bits per heavy atom. The Balaban J connectivity index is 1.73. The van der Waals surface area contributed by atoms with Crippen molar-refractivity contribution >= 4 is 0 Å². The molecule has 0 spiro atoms. The van der Waals surface area contributed by atoms with Crippen LogP contribution in [-0.4, -0.2) is 40.9 Å². The monoisotopic (exact) mass is 668 g/mol. The molecule has 0 aliphatic heterocycles. The van der Waals surface area contributed by atoms with E-state index in [4.69, 9.17) is 4.42 Å². The van der Waals surface area contributed by atoms with E-state index in [1.54, 1.807) is 51.1 Å². The van der Waals surface area contributed by atoms with E-state index in [1.807, 2.05) is 20.8 Å². The Hall–Kier alpha value is -5.44. The average Bonchev–Trinajstić information content (AvgIpc) is 3.57. The van der Waals surface area contributed by atoms with Crippen LogP contribution in [0, 0.1) is 6.92 Å². The smallest absolute Gasteiger partial charge is 0.127 e. The second-order valence-corrected chi connectivity index (χ2v) is 13.5. The van der Waals surface area contributed by atoms with Gasteiger partial charge in [0.05, 0.1) is 12.2 Å². The summed E-state index contributed by atoms with van der Waals surface area (Å²) >= 11 is 0. The van der Waals surface area contributed by atoms with Gasteiger partial charge in [-0.15, -0.1) is 0 Å². The minimum Gasteiger partial charge on any atom is -0.508 e. The van der Waals surface area contributed by atoms with Gasteiger partial charge >= 0.3 is 0 Å². The molecule has 1 heterocycles. The van der Waals surface area contributed by atoms with E-state index >= 15 is 0 Å². The highest BCUT2D eigenvalue weighted by Gasteiger charge is 2.32. The maximum atomic E-state index is 11.9. The molecule has 0 saturated carbocycles. The van der Waals surface area contributed by atoms with Crippen molar-refractivity contribution in [3.8, 4) is 46.0 Å². The minimum absolute atomic E-state index is 0.0582. The van der Waals surface area contributed by atoms with Gasteiger partial charge in [-0.3, -0.25) is 0 Å². The number of hydrogen-bond donors (Lipinski definition) is 8. The molecule has 0 aliphatic rings. The van der Waals surface area contributed by atoms with Gasteiger partial charge in [0.15, 0.2) is 0 Å². The van der Waals surface area contributed by atoms with Gasteiger partial charge in [0.2, 0.25) is 0 Å². The first-order chi connectivity index (χ1) is 23.1. The van der Waals surface area contributed by atoms with E-state index in [1.165, 1.54) is 24.5 Å². The van der Waals surface area contributed by atoms with Crippen LogP contribution in [0.25, 0.3) is 0 Å². The Labute approximate surface area is 285 Å². The fraction of sp³-hybridized carbons (Fsp3) is 0.300. The van der Waals surface area contributed by atoms with Crippen molar-refractivity contribution < 1.29 is 45.3 Å². The third-order valence-electron chi connectivity index (χ3n) is 9.37. The number of aryl methyl sites for hydroxylation is 1. The summed E-state index contributed by atoms with van der Waals surface area (Å²) in [5.41, 5.74) is 2.75. The zero-order valence-corrected chi connectivity index (χ0v) is 28.6. The van der Waals surface area contributed by atoms with Crippen LogP contribution in [0.4, 0.5) is 0 Å². The molecule has 4 aromatic carbocycles. The van der Waals surface area contributed by atoms with Crippen molar-refractivity contribution in [2.75, 3.05) is 0 Å². The first kappa shape index (κ1) is 34.9. The van der Waals surface area contributed by atoms with Crippen molar-refractivity contribution in [2.24, 2.45) is 0 Å². The SMILES string of the molecule is CCc1c(O)ccc(Cc2c(O)c(C)cc(C(c3ccco3)c3cc(Cc4c(O)ccc(C(C)(C)C)c4O)c(O)c(CC)c3O)c2O)c1O. The van der Waals surface area contributed by atoms with Gasteiger partial charge in [-0.2, -0.15) is 0 Å². The van der Waals surface area contributed by atoms with E-state index in [0.717, 1.165) is 0 Å². The molecule has 1 aromatic heterocycles.